The Labute approximate surface area is 191 Å². The number of aromatic nitrogens is 1. The molecule has 1 aromatic rings. The molecule has 168 valence electrons. The molecule has 1 fully saturated rings. The summed E-state index contributed by atoms with van der Waals surface area (Å²) in [7, 11) is -3.34. The van der Waals surface area contributed by atoms with Crippen LogP contribution in [0.5, 0.6) is 0 Å². The van der Waals surface area contributed by atoms with Gasteiger partial charge in [0.05, 0.1) is 18.0 Å². The zero-order chi connectivity index (χ0) is 22.9. The number of hydrogen-bond donors (Lipinski definition) is 1. The molecular weight excluding hydrogens is 458 g/mol. The van der Waals surface area contributed by atoms with Crippen LogP contribution in [0.4, 0.5) is 0 Å². The standard InChI is InChI=1S/C20H26ClN5O3S2/c1-6-15-18(24-13(5)21)26(12(4)14-8-9-14)19(27)17(25-15)22-10-16-23-11(3)20(30-16)31(28,29)7-2/h6,12,14H,5,7-10H2,1-4H3,(H,22,25)/b15-6+,24-18+/t12-/m0/s1. The minimum absolute atomic E-state index is 0.0146. The minimum Gasteiger partial charge on any atom is -0.359 e. The van der Waals surface area contributed by atoms with Crippen LogP contribution in [-0.2, 0) is 21.2 Å². The first-order valence-corrected chi connectivity index (χ1v) is 12.9. The van der Waals surface area contributed by atoms with Gasteiger partial charge < -0.3 is 5.32 Å². The van der Waals surface area contributed by atoms with E-state index in [-0.39, 0.29) is 39.4 Å². The average molecular weight is 484 g/mol. The Morgan fingerprint density at radius 3 is 2.71 bits per heavy atom. The number of thiazole rings is 1. The summed E-state index contributed by atoms with van der Waals surface area (Å²) in [6.07, 6.45) is 3.87. The van der Waals surface area contributed by atoms with Gasteiger partial charge in [-0.3, -0.25) is 9.69 Å². The van der Waals surface area contributed by atoms with Crippen molar-refractivity contribution in [3.05, 3.63) is 34.2 Å². The zero-order valence-corrected chi connectivity index (χ0v) is 20.4. The highest BCUT2D eigenvalue weighted by molar-refractivity contribution is 7.93. The Morgan fingerprint density at radius 2 is 2.16 bits per heavy atom. The topological polar surface area (TPSA) is 104 Å². The molecule has 2 aliphatic rings. The summed E-state index contributed by atoms with van der Waals surface area (Å²) in [6.45, 7) is 10.9. The Hall–Kier alpha value is -2.04. The fourth-order valence-corrected chi connectivity index (χ4v) is 6.07. The van der Waals surface area contributed by atoms with Crippen molar-refractivity contribution >= 4 is 50.4 Å². The molecule has 1 atom stereocenters. The third-order valence-corrected chi connectivity index (χ3v) is 8.86. The SMILES string of the molecule is C=C(Cl)/N=C1\C(=C/C)N=C(NCc2nc(C)c(S(=O)(=O)CC)s2)C(=O)N1[C@@H](C)C1CC1. The second-order valence-electron chi connectivity index (χ2n) is 7.44. The van der Waals surface area contributed by atoms with Gasteiger partial charge in [0.15, 0.2) is 21.5 Å². The lowest BCUT2D eigenvalue weighted by molar-refractivity contribution is -0.122. The normalized spacial score (nSPS) is 20.9. The van der Waals surface area contributed by atoms with Crippen LogP contribution < -0.4 is 5.32 Å². The highest BCUT2D eigenvalue weighted by Crippen LogP contribution is 2.37. The van der Waals surface area contributed by atoms with E-state index in [2.05, 4.69) is 26.9 Å². The monoisotopic (exact) mass is 483 g/mol. The molecule has 0 aromatic carbocycles. The van der Waals surface area contributed by atoms with Crippen LogP contribution in [0.1, 0.15) is 44.3 Å². The molecule has 0 radical (unpaired) electrons. The number of halogens is 1. The van der Waals surface area contributed by atoms with E-state index in [0.29, 0.717) is 28.2 Å². The second-order valence-corrected chi connectivity index (χ2v) is 11.4. The molecule has 0 unspecified atom stereocenters. The maximum atomic E-state index is 13.3. The lowest BCUT2D eigenvalue weighted by Crippen LogP contribution is -2.54. The predicted molar refractivity (Wildman–Crippen MR) is 124 cm³/mol. The van der Waals surface area contributed by atoms with Crippen molar-refractivity contribution in [1.82, 2.24) is 15.2 Å². The highest BCUT2D eigenvalue weighted by Gasteiger charge is 2.41. The third-order valence-electron chi connectivity index (χ3n) is 5.19. The Bertz CT molecular complexity index is 1100. The first kappa shape index (κ1) is 23.6. The molecular formula is C20H26ClN5O3S2. The number of allylic oxidation sites excluding steroid dienone is 1. The van der Waals surface area contributed by atoms with Crippen LogP contribution in [0.25, 0.3) is 0 Å². The van der Waals surface area contributed by atoms with Gasteiger partial charge in [-0.15, -0.1) is 11.3 Å². The van der Waals surface area contributed by atoms with Crippen LogP contribution in [0, 0.1) is 12.8 Å². The summed E-state index contributed by atoms with van der Waals surface area (Å²) >= 11 is 7.03. The summed E-state index contributed by atoms with van der Waals surface area (Å²) in [5, 5.41) is 3.68. The van der Waals surface area contributed by atoms with Crippen LogP contribution in [0.3, 0.4) is 0 Å². The minimum atomic E-state index is -3.34. The van der Waals surface area contributed by atoms with Gasteiger partial charge in [0.1, 0.15) is 20.1 Å². The molecule has 0 bridgehead atoms. The number of carbonyl (C=O) groups excluding carboxylic acids is 1. The van der Waals surface area contributed by atoms with Crippen molar-refractivity contribution in [2.24, 2.45) is 15.9 Å². The first-order valence-electron chi connectivity index (χ1n) is 10.0. The van der Waals surface area contributed by atoms with Crippen LogP contribution in [-0.4, -0.2) is 47.7 Å². The smallest absolute Gasteiger partial charge is 0.295 e. The van der Waals surface area contributed by atoms with Gasteiger partial charge in [0.25, 0.3) is 5.91 Å². The number of hydrogen-bond acceptors (Lipinski definition) is 8. The van der Waals surface area contributed by atoms with E-state index in [0.717, 1.165) is 24.2 Å². The maximum Gasteiger partial charge on any atom is 0.295 e. The predicted octanol–water partition coefficient (Wildman–Crippen LogP) is 3.39. The number of sulfone groups is 1. The van der Waals surface area contributed by atoms with Crippen LogP contribution in [0.2, 0.25) is 0 Å². The fraction of sp³-hybridized carbons (Fsp3) is 0.500. The molecule has 2 heterocycles. The third kappa shape index (κ3) is 5.07. The maximum absolute atomic E-state index is 13.3. The van der Waals surface area contributed by atoms with Gasteiger partial charge in [-0.25, -0.2) is 23.4 Å². The van der Waals surface area contributed by atoms with Crippen molar-refractivity contribution in [3.8, 4) is 0 Å². The zero-order valence-electron chi connectivity index (χ0n) is 18.0. The summed E-state index contributed by atoms with van der Waals surface area (Å²) in [6, 6.07) is -0.0621. The number of aryl methyl sites for hydroxylation is 1. The number of aliphatic imine (C=N–C) groups is 2. The van der Waals surface area contributed by atoms with E-state index in [1.807, 2.05) is 13.8 Å². The Kier molecular flexibility index (Phi) is 7.02. The molecule has 1 amide bonds. The van der Waals surface area contributed by atoms with Crippen molar-refractivity contribution in [3.63, 3.8) is 0 Å². The van der Waals surface area contributed by atoms with E-state index in [1.54, 1.807) is 24.8 Å². The molecule has 0 spiro atoms. The molecule has 11 heteroatoms. The van der Waals surface area contributed by atoms with Gasteiger partial charge in [-0.2, -0.15) is 0 Å². The Balaban J connectivity index is 1.89. The van der Waals surface area contributed by atoms with Crippen LogP contribution >= 0.6 is 22.9 Å². The molecule has 3 rings (SSSR count). The second kappa shape index (κ2) is 9.22. The van der Waals surface area contributed by atoms with Crippen molar-refractivity contribution < 1.29 is 13.2 Å². The molecule has 1 aromatic heterocycles. The summed E-state index contributed by atoms with van der Waals surface area (Å²) in [5.41, 5.74) is 0.981. The molecule has 1 aliphatic carbocycles. The number of amidine groups is 2. The molecule has 0 saturated heterocycles. The quantitative estimate of drug-likeness (QED) is 0.598. The lowest BCUT2D eigenvalue weighted by atomic mass is 10.1. The lowest BCUT2D eigenvalue weighted by Gasteiger charge is -2.34. The van der Waals surface area contributed by atoms with Crippen LogP contribution in [0.15, 0.2) is 37.7 Å². The van der Waals surface area contributed by atoms with E-state index < -0.39 is 9.84 Å². The summed E-state index contributed by atoms with van der Waals surface area (Å²) in [5.74, 6) is 0.655. The van der Waals surface area contributed by atoms with Gasteiger partial charge >= 0.3 is 0 Å². The average Bonchev–Trinajstić information content (AvgIpc) is 3.49. The molecule has 8 nitrogen and oxygen atoms in total. The number of amides is 1. The van der Waals surface area contributed by atoms with E-state index in [9.17, 15) is 13.2 Å². The molecule has 1 aliphatic heterocycles. The first-order chi connectivity index (χ1) is 14.6. The summed E-state index contributed by atoms with van der Waals surface area (Å²) < 4.78 is 24.7. The number of carbonyl (C=O) groups is 1. The highest BCUT2D eigenvalue weighted by atomic mass is 35.5. The molecule has 1 N–H and O–H groups in total. The number of nitrogens with zero attached hydrogens (tertiary/aromatic N) is 4. The summed E-state index contributed by atoms with van der Waals surface area (Å²) in [4.78, 5) is 28.0. The van der Waals surface area contributed by atoms with Crippen molar-refractivity contribution in [2.75, 3.05) is 5.75 Å². The van der Waals surface area contributed by atoms with Gasteiger partial charge in [0, 0.05) is 6.04 Å². The molecule has 31 heavy (non-hydrogen) atoms. The largest absolute Gasteiger partial charge is 0.359 e. The van der Waals surface area contributed by atoms with E-state index in [4.69, 9.17) is 11.6 Å². The number of rotatable bonds is 7. The van der Waals surface area contributed by atoms with Gasteiger partial charge in [-0.1, -0.05) is 31.2 Å². The Morgan fingerprint density at radius 1 is 1.48 bits per heavy atom. The van der Waals surface area contributed by atoms with Crippen molar-refractivity contribution in [1.29, 1.82) is 0 Å². The van der Waals surface area contributed by atoms with Gasteiger partial charge in [-0.05, 0) is 39.5 Å². The van der Waals surface area contributed by atoms with Gasteiger partial charge in [0.2, 0.25) is 0 Å². The van der Waals surface area contributed by atoms with E-state index in [1.165, 1.54) is 0 Å². The molecule has 1 saturated carbocycles. The van der Waals surface area contributed by atoms with Crippen molar-refractivity contribution in [2.45, 2.75) is 57.3 Å². The number of nitrogens with one attached hydrogen (secondary N) is 1. The van der Waals surface area contributed by atoms with E-state index >= 15 is 0 Å². The fourth-order valence-electron chi connectivity index (χ4n) is 3.35.